The van der Waals surface area contributed by atoms with E-state index in [-0.39, 0.29) is 22.8 Å². The Morgan fingerprint density at radius 3 is 2.65 bits per heavy atom. The number of fused-ring (bicyclic) bond motifs is 1. The summed E-state index contributed by atoms with van der Waals surface area (Å²) in [4.78, 5) is 25.5. The van der Waals surface area contributed by atoms with Crippen LogP contribution in [0.3, 0.4) is 0 Å². The molecule has 0 saturated carbocycles. The highest BCUT2D eigenvalue weighted by Gasteiger charge is 2.25. The predicted octanol–water partition coefficient (Wildman–Crippen LogP) is 6.52. The van der Waals surface area contributed by atoms with Crippen LogP contribution in [0.1, 0.15) is 51.6 Å². The molecule has 3 aromatic rings. The Morgan fingerprint density at radius 1 is 1.13 bits per heavy atom. The second kappa shape index (κ2) is 9.20. The highest BCUT2D eigenvalue weighted by atomic mass is 35.5. The van der Waals surface area contributed by atoms with E-state index in [0.717, 1.165) is 24.8 Å². The van der Waals surface area contributed by atoms with E-state index in [1.165, 1.54) is 47.1 Å². The minimum atomic E-state index is -0.728. The van der Waals surface area contributed by atoms with Gasteiger partial charge in [-0.3, -0.25) is 4.79 Å². The number of carbonyl (C=O) groups excluding carboxylic acids is 2. The molecule has 1 aliphatic carbocycles. The molecular formula is C24H21ClFNO3S. The number of nitrogens with one attached hydrogen (secondary N) is 1. The topological polar surface area (TPSA) is 55.4 Å². The monoisotopic (exact) mass is 457 g/mol. The van der Waals surface area contributed by atoms with Crippen molar-refractivity contribution in [2.45, 2.75) is 32.6 Å². The Morgan fingerprint density at radius 2 is 1.90 bits per heavy atom. The van der Waals surface area contributed by atoms with Gasteiger partial charge in [0.15, 0.2) is 0 Å². The fourth-order valence-electron chi connectivity index (χ4n) is 3.85. The normalized spacial score (nSPS) is 12.9. The number of anilines is 1. The summed E-state index contributed by atoms with van der Waals surface area (Å²) in [5, 5.41) is 4.77. The van der Waals surface area contributed by atoms with Crippen LogP contribution in [0, 0.1) is 5.82 Å². The van der Waals surface area contributed by atoms with Gasteiger partial charge in [-0.05, 0) is 61.4 Å². The molecule has 4 rings (SSSR count). The van der Waals surface area contributed by atoms with E-state index in [0.29, 0.717) is 10.6 Å². The number of esters is 1. The first-order valence-corrected chi connectivity index (χ1v) is 11.4. The third-order valence-electron chi connectivity index (χ3n) is 5.35. The maximum atomic E-state index is 14.2. The van der Waals surface area contributed by atoms with E-state index in [4.69, 9.17) is 16.3 Å². The lowest BCUT2D eigenvalue weighted by Crippen LogP contribution is -2.16. The van der Waals surface area contributed by atoms with Crippen LogP contribution in [0.15, 0.2) is 41.8 Å². The van der Waals surface area contributed by atoms with Crippen LogP contribution in [0.25, 0.3) is 11.1 Å². The van der Waals surface area contributed by atoms with Crippen LogP contribution in [-0.2, 0) is 17.6 Å². The fraction of sp³-hybridized carbons (Fsp3) is 0.250. The van der Waals surface area contributed by atoms with E-state index >= 15 is 0 Å². The van der Waals surface area contributed by atoms with Gasteiger partial charge in [-0.25, -0.2) is 9.18 Å². The molecule has 0 spiro atoms. The molecule has 2 aromatic carbocycles. The first kappa shape index (κ1) is 21.5. The molecule has 1 N–H and O–H groups in total. The molecular weight excluding hydrogens is 437 g/mol. The maximum Gasteiger partial charge on any atom is 0.341 e. The Bertz CT molecular complexity index is 1140. The van der Waals surface area contributed by atoms with Gasteiger partial charge in [-0.15, -0.1) is 11.3 Å². The summed E-state index contributed by atoms with van der Waals surface area (Å²) in [6, 6.07) is 10.2. The summed E-state index contributed by atoms with van der Waals surface area (Å²) in [6.45, 7) is 1.92. The minimum Gasteiger partial charge on any atom is -0.462 e. The molecule has 1 heterocycles. The molecule has 0 fully saturated rings. The lowest BCUT2D eigenvalue weighted by molar-refractivity contribution is 0.0529. The number of hydrogen-bond donors (Lipinski definition) is 1. The highest BCUT2D eigenvalue weighted by molar-refractivity contribution is 7.15. The molecule has 0 atom stereocenters. The quantitative estimate of drug-likeness (QED) is 0.444. The van der Waals surface area contributed by atoms with E-state index < -0.39 is 17.7 Å². The van der Waals surface area contributed by atoms with Crippen molar-refractivity contribution in [2.24, 2.45) is 0 Å². The fourth-order valence-corrected chi connectivity index (χ4v) is 5.05. The average Bonchev–Trinajstić information content (AvgIpc) is 3.17. The average molecular weight is 458 g/mol. The number of aryl methyl sites for hydroxylation is 2. The number of thiophene rings is 1. The maximum absolute atomic E-state index is 14.2. The summed E-state index contributed by atoms with van der Waals surface area (Å²) in [7, 11) is 0. The zero-order valence-corrected chi connectivity index (χ0v) is 18.5. The minimum absolute atomic E-state index is 0.00153. The summed E-state index contributed by atoms with van der Waals surface area (Å²) in [5.41, 5.74) is 4.21. The van der Waals surface area contributed by atoms with E-state index in [2.05, 4.69) is 17.4 Å². The predicted molar refractivity (Wildman–Crippen MR) is 122 cm³/mol. The molecule has 31 heavy (non-hydrogen) atoms. The summed E-state index contributed by atoms with van der Waals surface area (Å²) in [5.74, 6) is -1.98. The van der Waals surface area contributed by atoms with Gasteiger partial charge in [0, 0.05) is 10.9 Å². The number of rotatable bonds is 5. The Hall–Kier alpha value is -2.70. The molecule has 4 nitrogen and oxygen atoms in total. The third kappa shape index (κ3) is 4.36. The van der Waals surface area contributed by atoms with Crippen LogP contribution in [0.5, 0.6) is 0 Å². The molecule has 160 valence electrons. The standard InChI is InChI=1S/C24H21ClFNO3S/c1-2-30-24(29)20-17(16-11-10-14-6-3-4-7-15(14)12-16)13-31-23(20)27-22(28)21-18(25)8-5-9-19(21)26/h5,8-13H,2-4,6-7H2,1H3,(H,27,28). The first-order valence-electron chi connectivity index (χ1n) is 10.2. The molecule has 0 saturated heterocycles. The second-order valence-corrected chi connectivity index (χ2v) is 8.60. The summed E-state index contributed by atoms with van der Waals surface area (Å²) in [6.07, 6.45) is 4.41. The van der Waals surface area contributed by atoms with Crippen LogP contribution >= 0.6 is 22.9 Å². The van der Waals surface area contributed by atoms with Crippen molar-refractivity contribution in [1.82, 2.24) is 0 Å². The third-order valence-corrected chi connectivity index (χ3v) is 6.56. The van der Waals surface area contributed by atoms with Crippen LogP contribution in [0.2, 0.25) is 5.02 Å². The molecule has 0 radical (unpaired) electrons. The summed E-state index contributed by atoms with van der Waals surface area (Å²) < 4.78 is 19.4. The van der Waals surface area contributed by atoms with Crippen molar-refractivity contribution >= 4 is 39.8 Å². The number of carbonyl (C=O) groups is 2. The van der Waals surface area contributed by atoms with Crippen molar-refractivity contribution in [3.05, 3.63) is 74.9 Å². The van der Waals surface area contributed by atoms with Crippen LogP contribution in [-0.4, -0.2) is 18.5 Å². The molecule has 1 amide bonds. The van der Waals surface area contributed by atoms with Gasteiger partial charge in [0.2, 0.25) is 0 Å². The largest absolute Gasteiger partial charge is 0.462 e. The SMILES string of the molecule is CCOC(=O)c1c(-c2ccc3c(c2)CCCC3)csc1NC(=O)c1c(F)cccc1Cl. The number of halogens is 2. The van der Waals surface area contributed by atoms with Crippen molar-refractivity contribution in [2.75, 3.05) is 11.9 Å². The zero-order valence-electron chi connectivity index (χ0n) is 17.0. The second-order valence-electron chi connectivity index (χ2n) is 7.32. The number of ether oxygens (including phenoxy) is 1. The lowest BCUT2D eigenvalue weighted by Gasteiger charge is -2.17. The molecule has 0 bridgehead atoms. The smallest absolute Gasteiger partial charge is 0.341 e. The van der Waals surface area contributed by atoms with Crippen LogP contribution < -0.4 is 5.32 Å². The number of hydrogen-bond acceptors (Lipinski definition) is 4. The van der Waals surface area contributed by atoms with Gasteiger partial charge in [0.05, 0.1) is 17.2 Å². The van der Waals surface area contributed by atoms with E-state index in [9.17, 15) is 14.0 Å². The summed E-state index contributed by atoms with van der Waals surface area (Å²) >= 11 is 7.22. The van der Waals surface area contributed by atoms with Gasteiger partial charge in [-0.2, -0.15) is 0 Å². The van der Waals surface area contributed by atoms with Crippen LogP contribution in [0.4, 0.5) is 9.39 Å². The van der Waals surface area contributed by atoms with Crippen molar-refractivity contribution in [1.29, 1.82) is 0 Å². The van der Waals surface area contributed by atoms with Gasteiger partial charge >= 0.3 is 5.97 Å². The Kier molecular flexibility index (Phi) is 6.39. The molecule has 1 aliphatic rings. The Balaban J connectivity index is 1.73. The van der Waals surface area contributed by atoms with E-state index in [1.807, 2.05) is 11.4 Å². The molecule has 7 heteroatoms. The molecule has 0 aliphatic heterocycles. The van der Waals surface area contributed by atoms with Crippen molar-refractivity contribution in [3.63, 3.8) is 0 Å². The van der Waals surface area contributed by atoms with Gasteiger partial charge < -0.3 is 10.1 Å². The van der Waals surface area contributed by atoms with Gasteiger partial charge in [-0.1, -0.05) is 35.9 Å². The van der Waals surface area contributed by atoms with Crippen molar-refractivity contribution in [3.8, 4) is 11.1 Å². The molecule has 1 aromatic heterocycles. The lowest BCUT2D eigenvalue weighted by atomic mass is 9.89. The molecule has 0 unspecified atom stereocenters. The Labute approximate surface area is 189 Å². The van der Waals surface area contributed by atoms with Crippen molar-refractivity contribution < 1.29 is 18.7 Å². The van der Waals surface area contributed by atoms with Gasteiger partial charge in [0.1, 0.15) is 16.4 Å². The number of amides is 1. The first-order chi connectivity index (χ1) is 15.0. The van der Waals surface area contributed by atoms with Gasteiger partial charge in [0.25, 0.3) is 5.91 Å². The zero-order chi connectivity index (χ0) is 22.0. The van der Waals surface area contributed by atoms with E-state index in [1.54, 1.807) is 6.92 Å². The number of benzene rings is 2. The highest BCUT2D eigenvalue weighted by Crippen LogP contribution is 2.38.